The Hall–Kier alpha value is 1.14. The standard InChI is InChI=1S/C4H10O.3C3H9Si.Al/c1-3-5-4-2;3*1-4(2)3;/h3-4H2,1-2H3;3*1-3H3;/q;3*-1;+3. The third kappa shape index (κ3) is 452. The summed E-state index contributed by atoms with van der Waals surface area (Å²) in [6.07, 6.45) is 0. The molecule has 0 fully saturated rings. The van der Waals surface area contributed by atoms with Gasteiger partial charge in [0.05, 0.1) is 0 Å². The molecule has 0 unspecified atom stereocenters. The van der Waals surface area contributed by atoms with E-state index in [2.05, 4.69) is 58.9 Å². The number of hydrogen-bond donors (Lipinski definition) is 0. The Morgan fingerprint density at radius 1 is 0.556 bits per heavy atom. The Balaban J connectivity index is -0.0000000412. The van der Waals surface area contributed by atoms with Crippen molar-refractivity contribution < 1.29 is 4.74 Å². The van der Waals surface area contributed by atoms with E-state index < -0.39 is 0 Å². The molecule has 0 atom stereocenters. The van der Waals surface area contributed by atoms with Crippen molar-refractivity contribution in [2.45, 2.75) is 72.8 Å². The van der Waals surface area contributed by atoms with E-state index in [1.807, 2.05) is 13.8 Å². The molecule has 0 bridgehead atoms. The van der Waals surface area contributed by atoms with E-state index >= 15 is 0 Å². The summed E-state index contributed by atoms with van der Waals surface area (Å²) in [5, 5.41) is 0. The molecule has 0 aliphatic rings. The molecular formula is C13H37AlOSi3. The van der Waals surface area contributed by atoms with Gasteiger partial charge < -0.3 is 4.74 Å². The second kappa shape index (κ2) is 30.9. The van der Waals surface area contributed by atoms with Crippen molar-refractivity contribution in [2.24, 2.45) is 0 Å². The molecule has 0 spiro atoms. The summed E-state index contributed by atoms with van der Waals surface area (Å²) in [6, 6.07) is 0. The fraction of sp³-hybridized carbons (Fsp3) is 1.00. The smallest absolute Gasteiger partial charge is 0.382 e. The molecule has 0 aliphatic carbocycles. The molecule has 1 nitrogen and oxygen atoms in total. The zero-order valence-corrected chi connectivity index (χ0v) is 19.1. The molecule has 0 aromatic rings. The van der Waals surface area contributed by atoms with E-state index in [4.69, 9.17) is 4.74 Å². The van der Waals surface area contributed by atoms with Crippen molar-refractivity contribution in [1.82, 2.24) is 0 Å². The van der Waals surface area contributed by atoms with Gasteiger partial charge in [-0.25, -0.2) is 0 Å². The van der Waals surface area contributed by atoms with E-state index in [1.165, 1.54) is 0 Å². The van der Waals surface area contributed by atoms with Gasteiger partial charge in [-0.2, -0.15) is 58.9 Å². The van der Waals surface area contributed by atoms with E-state index in [0.29, 0.717) is 0 Å². The summed E-state index contributed by atoms with van der Waals surface area (Å²) < 4.78 is 4.83. The molecule has 110 valence electrons. The van der Waals surface area contributed by atoms with Crippen LogP contribution in [-0.2, 0) is 4.74 Å². The zero-order valence-electron chi connectivity index (χ0n) is 14.9. The summed E-state index contributed by atoms with van der Waals surface area (Å²) in [6.45, 7) is 26.1. The summed E-state index contributed by atoms with van der Waals surface area (Å²) in [5.74, 6) is 0. The predicted molar refractivity (Wildman–Crippen MR) is 98.0 cm³/mol. The van der Waals surface area contributed by atoms with Crippen LogP contribution in [-0.4, -0.2) is 57.0 Å². The minimum Gasteiger partial charge on any atom is -0.382 e. The Kier molecular flexibility index (Phi) is 54.0. The molecule has 0 N–H and O–H groups in total. The molecule has 18 heavy (non-hydrogen) atoms. The molecular weight excluding hydrogens is 283 g/mol. The van der Waals surface area contributed by atoms with Gasteiger partial charge in [-0.05, 0) is 13.8 Å². The minimum atomic E-state index is 0. The van der Waals surface area contributed by atoms with Gasteiger partial charge in [0.1, 0.15) is 0 Å². The van der Waals surface area contributed by atoms with E-state index in [9.17, 15) is 0 Å². The zero-order chi connectivity index (χ0) is 14.9. The van der Waals surface area contributed by atoms with Crippen LogP contribution in [0.4, 0.5) is 0 Å². The third-order valence-electron chi connectivity index (χ3n) is 0.408. The van der Waals surface area contributed by atoms with Crippen molar-refractivity contribution in [3.8, 4) is 0 Å². The quantitative estimate of drug-likeness (QED) is 0.666. The van der Waals surface area contributed by atoms with Crippen molar-refractivity contribution in [3.05, 3.63) is 0 Å². The molecule has 0 saturated heterocycles. The first-order chi connectivity index (χ1) is 7.61. The molecule has 0 aliphatic heterocycles. The maximum Gasteiger partial charge on any atom is 3.00 e. The molecule has 0 saturated carbocycles. The maximum absolute atomic E-state index is 4.83. The van der Waals surface area contributed by atoms with E-state index in [0.717, 1.165) is 13.2 Å². The van der Waals surface area contributed by atoms with E-state index in [-0.39, 0.29) is 43.8 Å². The number of rotatable bonds is 2. The minimum absolute atomic E-state index is 0. The summed E-state index contributed by atoms with van der Waals surface area (Å²) in [4.78, 5) is 0. The fourth-order valence-electron chi connectivity index (χ4n) is 0.204. The van der Waals surface area contributed by atoms with Crippen LogP contribution in [0.3, 0.4) is 0 Å². The molecule has 0 amide bonds. The third-order valence-corrected chi connectivity index (χ3v) is 0.408. The second-order valence-corrected chi connectivity index (χ2v) is 14.3. The van der Waals surface area contributed by atoms with Gasteiger partial charge in [0, 0.05) is 13.2 Å². The van der Waals surface area contributed by atoms with Gasteiger partial charge in [-0.15, -0.1) is 0 Å². The Morgan fingerprint density at radius 3 is 0.667 bits per heavy atom. The van der Waals surface area contributed by atoms with Gasteiger partial charge in [0.25, 0.3) is 0 Å². The van der Waals surface area contributed by atoms with Crippen LogP contribution in [0.1, 0.15) is 13.8 Å². The average Bonchev–Trinajstić information content (AvgIpc) is 2.01. The molecule has 5 heteroatoms. The van der Waals surface area contributed by atoms with E-state index in [1.54, 1.807) is 0 Å². The fourth-order valence-corrected chi connectivity index (χ4v) is 0.204. The van der Waals surface area contributed by atoms with Crippen molar-refractivity contribution in [2.75, 3.05) is 13.2 Å². The van der Waals surface area contributed by atoms with Crippen LogP contribution in [0.2, 0.25) is 58.9 Å². The SMILES string of the molecule is CCOCC.C[Si-](C)C.C[Si-](C)C.C[Si-](C)C.[Al+3]. The van der Waals surface area contributed by atoms with Crippen LogP contribution in [0, 0.1) is 0 Å². The average molecular weight is 321 g/mol. The van der Waals surface area contributed by atoms with Crippen LogP contribution < -0.4 is 0 Å². The summed E-state index contributed by atoms with van der Waals surface area (Å²) in [5.41, 5.74) is 0. The Labute approximate surface area is 134 Å². The predicted octanol–water partition coefficient (Wildman–Crippen LogP) is 4.77. The molecule has 0 radical (unpaired) electrons. The summed E-state index contributed by atoms with van der Waals surface area (Å²) in [7, 11) is 0.361. The molecule has 0 heterocycles. The van der Waals surface area contributed by atoms with Crippen molar-refractivity contribution >= 4 is 43.8 Å². The topological polar surface area (TPSA) is 9.23 Å². The van der Waals surface area contributed by atoms with Gasteiger partial charge in [0.2, 0.25) is 0 Å². The first-order valence-corrected chi connectivity index (χ1v) is 15.5. The number of ether oxygens (including phenoxy) is 1. The molecule has 0 rings (SSSR count). The molecule has 0 aromatic heterocycles. The summed E-state index contributed by atoms with van der Waals surface area (Å²) >= 11 is 0. The van der Waals surface area contributed by atoms with Crippen LogP contribution >= 0.6 is 0 Å². The van der Waals surface area contributed by atoms with Gasteiger partial charge in [0.15, 0.2) is 0 Å². The maximum atomic E-state index is 4.83. The normalized spacial score (nSPS) is 8.33. The van der Waals surface area contributed by atoms with Gasteiger partial charge in [-0.3, -0.25) is 26.4 Å². The van der Waals surface area contributed by atoms with Crippen molar-refractivity contribution in [1.29, 1.82) is 0 Å². The first kappa shape index (κ1) is 31.5. The second-order valence-electron chi connectivity index (χ2n) is 5.28. The van der Waals surface area contributed by atoms with Gasteiger partial charge >= 0.3 is 17.4 Å². The monoisotopic (exact) mass is 320 g/mol. The number of hydrogen-bond acceptors (Lipinski definition) is 1. The van der Waals surface area contributed by atoms with Gasteiger partial charge in [-0.1, -0.05) is 0 Å². The Bertz CT molecular complexity index is 77.7. The Morgan fingerprint density at radius 2 is 0.667 bits per heavy atom. The molecule has 0 aromatic carbocycles. The van der Waals surface area contributed by atoms with Crippen LogP contribution in [0.5, 0.6) is 0 Å². The van der Waals surface area contributed by atoms with Crippen LogP contribution in [0.15, 0.2) is 0 Å². The van der Waals surface area contributed by atoms with Crippen molar-refractivity contribution in [3.63, 3.8) is 0 Å². The first-order valence-electron chi connectivity index (χ1n) is 6.49. The van der Waals surface area contributed by atoms with Crippen LogP contribution in [0.25, 0.3) is 0 Å². The largest absolute Gasteiger partial charge is 3.00 e.